The van der Waals surface area contributed by atoms with Crippen LogP contribution in [0.1, 0.15) is 18.1 Å². The Bertz CT molecular complexity index is 668. The summed E-state index contributed by atoms with van der Waals surface area (Å²) in [5.41, 5.74) is 5.15. The minimum absolute atomic E-state index is 0.249. The summed E-state index contributed by atoms with van der Waals surface area (Å²) >= 11 is 0. The number of rotatable bonds is 5. The van der Waals surface area contributed by atoms with Crippen LogP contribution >= 0.6 is 0 Å². The predicted molar refractivity (Wildman–Crippen MR) is 86.4 cm³/mol. The molecule has 0 bridgehead atoms. The molecule has 2 aromatic carbocycles. The van der Waals surface area contributed by atoms with Gasteiger partial charge in [-0.3, -0.25) is 4.79 Å². The van der Waals surface area contributed by atoms with Gasteiger partial charge in [-0.1, -0.05) is 30.3 Å². The number of amides is 1. The number of hydrogen-bond acceptors (Lipinski definition) is 3. The van der Waals surface area contributed by atoms with Gasteiger partial charge in [0.1, 0.15) is 11.9 Å². The topological polar surface area (TPSA) is 53.5 Å². The van der Waals surface area contributed by atoms with E-state index in [0.29, 0.717) is 5.56 Å². The average Bonchev–Trinajstić information content (AvgIpc) is 2.51. The Morgan fingerprint density at radius 3 is 2.55 bits per heavy atom. The van der Waals surface area contributed by atoms with Crippen molar-refractivity contribution in [3.8, 4) is 0 Å². The highest BCUT2D eigenvalue weighted by molar-refractivity contribution is 5.86. The van der Waals surface area contributed by atoms with Gasteiger partial charge in [0.2, 0.25) is 0 Å². The van der Waals surface area contributed by atoms with Crippen LogP contribution in [0.15, 0.2) is 53.6 Å². The zero-order chi connectivity index (χ0) is 15.9. The van der Waals surface area contributed by atoms with E-state index in [1.165, 1.54) is 18.3 Å². The van der Waals surface area contributed by atoms with Gasteiger partial charge in [-0.15, -0.1) is 0 Å². The highest BCUT2D eigenvalue weighted by Gasteiger charge is 2.12. The molecule has 1 atom stereocenters. The second kappa shape index (κ2) is 7.36. The maximum Gasteiger partial charge on any atom is 0.262 e. The molecule has 2 N–H and O–H groups in total. The summed E-state index contributed by atoms with van der Waals surface area (Å²) in [5, 5.41) is 7.00. The molecule has 1 unspecified atom stereocenters. The van der Waals surface area contributed by atoms with Gasteiger partial charge in [0.25, 0.3) is 5.91 Å². The van der Waals surface area contributed by atoms with Crippen molar-refractivity contribution in [1.82, 2.24) is 5.43 Å². The van der Waals surface area contributed by atoms with Gasteiger partial charge in [-0.05, 0) is 43.2 Å². The third-order valence-electron chi connectivity index (χ3n) is 3.17. The lowest BCUT2D eigenvalue weighted by atomic mass is 10.2. The molecular weight excluding hydrogens is 281 g/mol. The molecule has 1 amide bonds. The van der Waals surface area contributed by atoms with E-state index >= 15 is 0 Å². The molecule has 2 aromatic rings. The van der Waals surface area contributed by atoms with Crippen molar-refractivity contribution in [3.63, 3.8) is 0 Å². The molecule has 0 spiro atoms. The van der Waals surface area contributed by atoms with E-state index in [0.717, 1.165) is 11.3 Å². The number of carbonyl (C=O) groups excluding carboxylic acids is 1. The number of hydrazone groups is 1. The van der Waals surface area contributed by atoms with Crippen molar-refractivity contribution >= 4 is 17.8 Å². The fraction of sp³-hybridized carbons (Fsp3) is 0.176. The Balaban J connectivity index is 1.89. The molecule has 5 heteroatoms. The van der Waals surface area contributed by atoms with Gasteiger partial charge >= 0.3 is 0 Å². The van der Waals surface area contributed by atoms with Gasteiger partial charge < -0.3 is 5.32 Å². The summed E-state index contributed by atoms with van der Waals surface area (Å²) in [7, 11) is 0. The normalized spacial score (nSPS) is 12.1. The number of nitrogens with zero attached hydrogens (tertiary/aromatic N) is 1. The second-order valence-corrected chi connectivity index (χ2v) is 4.97. The first-order chi connectivity index (χ1) is 10.6. The van der Waals surface area contributed by atoms with Crippen LogP contribution in [0.3, 0.4) is 0 Å². The number of benzene rings is 2. The number of hydrogen-bond donors (Lipinski definition) is 2. The molecule has 0 aliphatic rings. The van der Waals surface area contributed by atoms with Crippen LogP contribution in [0.5, 0.6) is 0 Å². The Morgan fingerprint density at radius 2 is 1.86 bits per heavy atom. The van der Waals surface area contributed by atoms with E-state index < -0.39 is 6.04 Å². The minimum atomic E-state index is -0.425. The number of carbonyl (C=O) groups is 1. The summed E-state index contributed by atoms with van der Waals surface area (Å²) < 4.78 is 12.8. The average molecular weight is 299 g/mol. The molecule has 2 rings (SSSR count). The van der Waals surface area contributed by atoms with Crippen molar-refractivity contribution in [2.75, 3.05) is 5.32 Å². The van der Waals surface area contributed by atoms with E-state index in [-0.39, 0.29) is 11.7 Å². The van der Waals surface area contributed by atoms with E-state index in [9.17, 15) is 9.18 Å². The van der Waals surface area contributed by atoms with E-state index in [1.807, 2.05) is 31.2 Å². The molecule has 0 saturated heterocycles. The standard InChI is InChI=1S/C17H18FN3O/c1-12-5-3-4-6-16(12)20-13(2)17(22)21-19-11-14-7-9-15(18)10-8-14/h3-11,13,20H,1-2H3,(H,21,22). The zero-order valence-corrected chi connectivity index (χ0v) is 12.5. The largest absolute Gasteiger partial charge is 0.374 e. The molecule has 0 aromatic heterocycles. The molecule has 114 valence electrons. The number of nitrogens with one attached hydrogen (secondary N) is 2. The minimum Gasteiger partial charge on any atom is -0.374 e. The summed E-state index contributed by atoms with van der Waals surface area (Å²) in [6.07, 6.45) is 1.47. The van der Waals surface area contributed by atoms with Gasteiger partial charge in [0, 0.05) is 5.69 Å². The van der Waals surface area contributed by atoms with E-state index in [4.69, 9.17) is 0 Å². The van der Waals surface area contributed by atoms with Gasteiger partial charge in [-0.25, -0.2) is 9.82 Å². The van der Waals surface area contributed by atoms with Crippen LogP contribution in [-0.4, -0.2) is 18.2 Å². The van der Waals surface area contributed by atoms with Crippen molar-refractivity contribution in [1.29, 1.82) is 0 Å². The Hall–Kier alpha value is -2.69. The Kier molecular flexibility index (Phi) is 5.25. The molecule has 0 heterocycles. The lowest BCUT2D eigenvalue weighted by molar-refractivity contribution is -0.121. The maximum absolute atomic E-state index is 12.8. The van der Waals surface area contributed by atoms with E-state index in [2.05, 4.69) is 15.8 Å². The van der Waals surface area contributed by atoms with Crippen molar-refractivity contribution in [2.24, 2.45) is 5.10 Å². The van der Waals surface area contributed by atoms with Crippen molar-refractivity contribution in [2.45, 2.75) is 19.9 Å². The monoisotopic (exact) mass is 299 g/mol. The summed E-state index contributed by atoms with van der Waals surface area (Å²) in [4.78, 5) is 12.0. The number of aryl methyl sites for hydroxylation is 1. The molecule has 0 aliphatic carbocycles. The highest BCUT2D eigenvalue weighted by atomic mass is 19.1. The first-order valence-electron chi connectivity index (χ1n) is 6.97. The smallest absolute Gasteiger partial charge is 0.262 e. The quantitative estimate of drug-likeness (QED) is 0.658. The highest BCUT2D eigenvalue weighted by Crippen LogP contribution is 2.14. The summed E-state index contributed by atoms with van der Waals surface area (Å²) in [5.74, 6) is -0.557. The summed E-state index contributed by atoms with van der Waals surface area (Å²) in [6.45, 7) is 3.73. The van der Waals surface area contributed by atoms with Crippen LogP contribution < -0.4 is 10.7 Å². The predicted octanol–water partition coefficient (Wildman–Crippen LogP) is 3.08. The van der Waals surface area contributed by atoms with Gasteiger partial charge in [-0.2, -0.15) is 5.10 Å². The van der Waals surface area contributed by atoms with Crippen molar-refractivity contribution in [3.05, 3.63) is 65.5 Å². The molecule has 0 saturated carbocycles. The molecule has 0 fully saturated rings. The van der Waals surface area contributed by atoms with Crippen LogP contribution in [0.25, 0.3) is 0 Å². The zero-order valence-electron chi connectivity index (χ0n) is 12.5. The van der Waals surface area contributed by atoms with Crippen LogP contribution in [0.4, 0.5) is 10.1 Å². The lowest BCUT2D eigenvalue weighted by Crippen LogP contribution is -2.35. The first kappa shape index (κ1) is 15.7. The number of para-hydroxylation sites is 1. The molecule has 0 aliphatic heterocycles. The first-order valence-corrected chi connectivity index (χ1v) is 6.97. The Labute approximate surface area is 129 Å². The second-order valence-electron chi connectivity index (χ2n) is 4.97. The SMILES string of the molecule is Cc1ccccc1NC(C)C(=O)NN=Cc1ccc(F)cc1. The molecular formula is C17H18FN3O. The van der Waals surface area contributed by atoms with Crippen LogP contribution in [0.2, 0.25) is 0 Å². The number of halogens is 1. The number of anilines is 1. The fourth-order valence-corrected chi connectivity index (χ4v) is 1.85. The summed E-state index contributed by atoms with van der Waals surface area (Å²) in [6, 6.07) is 13.2. The fourth-order valence-electron chi connectivity index (χ4n) is 1.85. The van der Waals surface area contributed by atoms with E-state index in [1.54, 1.807) is 19.1 Å². The third-order valence-corrected chi connectivity index (χ3v) is 3.17. The van der Waals surface area contributed by atoms with Gasteiger partial charge in [0.15, 0.2) is 0 Å². The molecule has 0 radical (unpaired) electrons. The Morgan fingerprint density at radius 1 is 1.18 bits per heavy atom. The molecule has 22 heavy (non-hydrogen) atoms. The van der Waals surface area contributed by atoms with Crippen LogP contribution in [-0.2, 0) is 4.79 Å². The lowest BCUT2D eigenvalue weighted by Gasteiger charge is -2.15. The molecule has 4 nitrogen and oxygen atoms in total. The van der Waals surface area contributed by atoms with Crippen LogP contribution in [0, 0.1) is 12.7 Å². The third kappa shape index (κ3) is 4.41. The maximum atomic E-state index is 12.8. The van der Waals surface area contributed by atoms with Crippen molar-refractivity contribution < 1.29 is 9.18 Å². The van der Waals surface area contributed by atoms with Gasteiger partial charge in [0.05, 0.1) is 6.21 Å².